The average molecular weight is 663 g/mol. The standard InChI is InChI=1S/C33H35F5N4O5/c1-2-12-33(37,38)18-41-32(44)47-16-22-15-45-23(14-40-22)17-46-30-25(36)4-3-5-26(30)42-27-13-21(35)10-11-24(27)28(29(39)31(42)43)19-6-8-20(34)9-7-19/h3-11,13,22-23,28-29,40H,2,12,14-18,39H2,1H3,(H,41,44)/t22-,23-,28?,29-/m0/s1. The molecule has 1 saturated heterocycles. The highest BCUT2D eigenvalue weighted by atomic mass is 19.3. The normalized spacial score (nSPS) is 21.3. The Kier molecular flexibility index (Phi) is 10.6. The Bertz CT molecular complexity index is 1570. The summed E-state index contributed by atoms with van der Waals surface area (Å²) >= 11 is 0. The van der Waals surface area contributed by atoms with Gasteiger partial charge in [0.05, 0.1) is 36.6 Å². The number of alkyl carbamates (subject to hydrolysis) is 1. The van der Waals surface area contributed by atoms with E-state index in [1.807, 2.05) is 0 Å². The molecule has 47 heavy (non-hydrogen) atoms. The lowest BCUT2D eigenvalue weighted by Gasteiger charge is -2.38. The third-order valence-corrected chi connectivity index (χ3v) is 7.95. The van der Waals surface area contributed by atoms with Crippen molar-refractivity contribution in [3.63, 3.8) is 0 Å². The summed E-state index contributed by atoms with van der Waals surface area (Å²) in [4.78, 5) is 26.8. The second kappa shape index (κ2) is 14.7. The highest BCUT2D eigenvalue weighted by Crippen LogP contribution is 2.46. The van der Waals surface area contributed by atoms with E-state index < -0.39 is 66.0 Å². The number of fused-ring (bicyclic) bond motifs is 1. The van der Waals surface area contributed by atoms with E-state index in [0.29, 0.717) is 11.1 Å². The molecule has 3 aromatic carbocycles. The number of hydrogen-bond donors (Lipinski definition) is 3. The maximum atomic E-state index is 15.3. The monoisotopic (exact) mass is 662 g/mol. The zero-order valence-corrected chi connectivity index (χ0v) is 25.5. The van der Waals surface area contributed by atoms with E-state index in [9.17, 15) is 27.2 Å². The Labute approximate surface area is 268 Å². The van der Waals surface area contributed by atoms with Crippen molar-refractivity contribution in [1.29, 1.82) is 0 Å². The lowest BCUT2D eigenvalue weighted by atomic mass is 9.80. The number of nitrogens with two attached hydrogens (primary N) is 1. The number of hydrogen-bond acceptors (Lipinski definition) is 7. The SMILES string of the molecule is CCCC(F)(F)CNC(=O)OC[C@@H]1CO[C@H](COc2c(F)cccc2N2C(=O)[C@@H](N)C(c3ccc(F)cc3)c3ccc(F)cc32)CN1. The quantitative estimate of drug-likeness (QED) is 0.244. The number of ether oxygens (including phenoxy) is 3. The Hall–Kier alpha value is -4.27. The van der Waals surface area contributed by atoms with Crippen LogP contribution in [0.15, 0.2) is 60.7 Å². The van der Waals surface area contributed by atoms with Crippen molar-refractivity contribution >= 4 is 23.4 Å². The lowest BCUT2D eigenvalue weighted by molar-refractivity contribution is -0.119. The van der Waals surface area contributed by atoms with Crippen molar-refractivity contribution < 1.29 is 45.8 Å². The smallest absolute Gasteiger partial charge is 0.407 e. The number of nitrogens with one attached hydrogen (secondary N) is 2. The summed E-state index contributed by atoms with van der Waals surface area (Å²) in [5.41, 5.74) is 7.62. The molecule has 1 fully saturated rings. The highest BCUT2D eigenvalue weighted by molar-refractivity contribution is 6.08. The molecular formula is C33H35F5N4O5. The third-order valence-electron chi connectivity index (χ3n) is 7.95. The molecule has 5 rings (SSSR count). The largest absolute Gasteiger partial charge is 0.486 e. The van der Waals surface area contributed by atoms with Gasteiger partial charge in [-0.05, 0) is 47.5 Å². The molecule has 0 aliphatic carbocycles. The number of benzene rings is 3. The molecule has 2 aliphatic rings. The summed E-state index contributed by atoms with van der Waals surface area (Å²) in [6.07, 6.45) is -1.63. The minimum absolute atomic E-state index is 0.000396. The van der Waals surface area contributed by atoms with Gasteiger partial charge in [0, 0.05) is 18.9 Å². The summed E-state index contributed by atoms with van der Waals surface area (Å²) < 4.78 is 87.4. The zero-order chi connectivity index (χ0) is 33.7. The minimum atomic E-state index is -3.02. The second-order valence-electron chi connectivity index (χ2n) is 11.4. The summed E-state index contributed by atoms with van der Waals surface area (Å²) in [5, 5.41) is 5.16. The lowest BCUT2D eigenvalue weighted by Crippen LogP contribution is -2.51. The van der Waals surface area contributed by atoms with E-state index in [2.05, 4.69) is 10.6 Å². The molecule has 3 aromatic rings. The molecule has 2 amide bonds. The molecule has 0 bridgehead atoms. The predicted molar refractivity (Wildman–Crippen MR) is 162 cm³/mol. The van der Waals surface area contributed by atoms with Crippen molar-refractivity contribution in [2.24, 2.45) is 5.73 Å². The second-order valence-corrected chi connectivity index (χ2v) is 11.4. The first-order valence-corrected chi connectivity index (χ1v) is 15.2. The first-order chi connectivity index (χ1) is 22.5. The Morgan fingerprint density at radius 1 is 1.06 bits per heavy atom. The van der Waals surface area contributed by atoms with Gasteiger partial charge in [0.2, 0.25) is 5.91 Å². The van der Waals surface area contributed by atoms with E-state index >= 15 is 4.39 Å². The topological polar surface area (TPSA) is 115 Å². The van der Waals surface area contributed by atoms with Crippen LogP contribution in [0.1, 0.15) is 36.8 Å². The van der Waals surface area contributed by atoms with Gasteiger partial charge in [-0.1, -0.05) is 37.6 Å². The average Bonchev–Trinajstić information content (AvgIpc) is 3.04. The van der Waals surface area contributed by atoms with Crippen molar-refractivity contribution in [2.75, 3.05) is 37.8 Å². The molecule has 0 saturated carbocycles. The number of nitrogens with zero attached hydrogens (tertiary/aromatic N) is 1. The Balaban J connectivity index is 1.25. The van der Waals surface area contributed by atoms with Crippen molar-refractivity contribution in [3.8, 4) is 5.75 Å². The molecule has 9 nitrogen and oxygen atoms in total. The van der Waals surface area contributed by atoms with Crippen molar-refractivity contribution in [3.05, 3.63) is 89.2 Å². The molecule has 2 aliphatic heterocycles. The molecule has 0 spiro atoms. The molecule has 14 heteroatoms. The van der Waals surface area contributed by atoms with Gasteiger partial charge in [-0.3, -0.25) is 9.69 Å². The van der Waals surface area contributed by atoms with Crippen LogP contribution in [0.2, 0.25) is 0 Å². The van der Waals surface area contributed by atoms with Crippen LogP contribution < -0.4 is 26.0 Å². The molecule has 0 radical (unpaired) electrons. The van der Waals surface area contributed by atoms with Gasteiger partial charge in [-0.25, -0.2) is 26.7 Å². The van der Waals surface area contributed by atoms with Crippen LogP contribution in [-0.4, -0.2) is 69.0 Å². The Morgan fingerprint density at radius 2 is 1.81 bits per heavy atom. The summed E-state index contributed by atoms with van der Waals surface area (Å²) in [7, 11) is 0. The van der Waals surface area contributed by atoms with Gasteiger partial charge >= 0.3 is 6.09 Å². The van der Waals surface area contributed by atoms with E-state index in [4.69, 9.17) is 19.9 Å². The van der Waals surface area contributed by atoms with Crippen LogP contribution in [-0.2, 0) is 14.3 Å². The number of morpholine rings is 1. The van der Waals surface area contributed by atoms with Gasteiger partial charge < -0.3 is 30.6 Å². The van der Waals surface area contributed by atoms with Gasteiger partial charge in [0.25, 0.3) is 5.92 Å². The van der Waals surface area contributed by atoms with Crippen molar-refractivity contribution in [1.82, 2.24) is 10.6 Å². The number of halogens is 5. The third kappa shape index (κ3) is 8.00. The van der Waals surface area contributed by atoms with E-state index in [-0.39, 0.29) is 56.3 Å². The fourth-order valence-electron chi connectivity index (χ4n) is 5.64. The summed E-state index contributed by atoms with van der Waals surface area (Å²) in [6.45, 7) is 0.805. The number of anilines is 2. The number of alkyl halides is 2. The number of rotatable bonds is 11. The van der Waals surface area contributed by atoms with Gasteiger partial charge in [0.1, 0.15) is 31.0 Å². The molecule has 4 atom stereocenters. The number of amides is 2. The Morgan fingerprint density at radius 3 is 2.51 bits per heavy atom. The van der Waals surface area contributed by atoms with Crippen LogP contribution in [0.3, 0.4) is 0 Å². The summed E-state index contributed by atoms with van der Waals surface area (Å²) in [6, 6.07) is 11.8. The molecular weight excluding hydrogens is 627 g/mol. The maximum Gasteiger partial charge on any atom is 0.407 e. The summed E-state index contributed by atoms with van der Waals surface area (Å²) in [5.74, 6) is -6.57. The fourth-order valence-corrected chi connectivity index (χ4v) is 5.64. The molecule has 0 aromatic heterocycles. The molecule has 252 valence electrons. The number of carbonyl (C=O) groups is 2. The van der Waals surface area contributed by atoms with Crippen LogP contribution in [0.4, 0.5) is 38.1 Å². The van der Waals surface area contributed by atoms with Crippen LogP contribution in [0.25, 0.3) is 0 Å². The molecule has 1 unspecified atom stereocenters. The first-order valence-electron chi connectivity index (χ1n) is 15.2. The molecule has 4 N–H and O–H groups in total. The van der Waals surface area contributed by atoms with E-state index in [1.54, 1.807) is 6.92 Å². The highest BCUT2D eigenvalue weighted by Gasteiger charge is 2.41. The minimum Gasteiger partial charge on any atom is -0.486 e. The molecule has 2 heterocycles. The van der Waals surface area contributed by atoms with E-state index in [0.717, 1.165) is 17.0 Å². The van der Waals surface area contributed by atoms with Crippen molar-refractivity contribution in [2.45, 2.75) is 49.8 Å². The van der Waals surface area contributed by atoms with Gasteiger partial charge in [-0.15, -0.1) is 0 Å². The fraction of sp³-hybridized carbons (Fsp3) is 0.394. The van der Waals surface area contributed by atoms with Crippen LogP contribution in [0.5, 0.6) is 5.75 Å². The number of carbonyl (C=O) groups excluding carboxylic acids is 2. The van der Waals surface area contributed by atoms with Gasteiger partial charge in [-0.2, -0.15) is 0 Å². The maximum absolute atomic E-state index is 15.3. The number of para-hydroxylation sites is 1. The zero-order valence-electron chi connectivity index (χ0n) is 25.5. The predicted octanol–water partition coefficient (Wildman–Crippen LogP) is 5.14. The van der Waals surface area contributed by atoms with E-state index in [1.165, 1.54) is 48.5 Å². The first kappa shape index (κ1) is 34.1. The van der Waals surface area contributed by atoms with Crippen LogP contribution >= 0.6 is 0 Å². The van der Waals surface area contributed by atoms with Gasteiger partial charge in [0.15, 0.2) is 11.6 Å². The van der Waals surface area contributed by atoms with Crippen LogP contribution in [0, 0.1) is 17.5 Å².